The van der Waals surface area contributed by atoms with Gasteiger partial charge in [-0.3, -0.25) is 0 Å². The molecule has 0 fully saturated rings. The van der Waals surface area contributed by atoms with Crippen LogP contribution in [-0.2, 0) is 16.6 Å². The third-order valence-corrected chi connectivity index (χ3v) is 7.92. The fraction of sp³-hybridized carbons (Fsp3) is 0.318. The maximum atomic E-state index is 11.8. The number of furan rings is 1. The zero-order valence-corrected chi connectivity index (χ0v) is 20.8. The molecule has 5 rings (SSSR count). The highest BCUT2D eigenvalue weighted by atomic mass is 32.2. The molecule has 0 saturated heterocycles. The summed E-state index contributed by atoms with van der Waals surface area (Å²) in [5, 5.41) is 0.633. The molecule has 0 spiro atoms. The molecular weight excluding hydrogens is 492 g/mol. The predicted molar refractivity (Wildman–Crippen MR) is 131 cm³/mol. The lowest BCUT2D eigenvalue weighted by molar-refractivity contribution is 0.174. The number of ether oxygens (including phenoxy) is 2. The van der Waals surface area contributed by atoms with Crippen molar-refractivity contribution in [2.45, 2.75) is 36.9 Å². The number of hydrogen-bond acceptors (Lipinski definition) is 10. The first kappa shape index (κ1) is 23.5. The molecule has 0 radical (unpaired) electrons. The summed E-state index contributed by atoms with van der Waals surface area (Å²) in [5.41, 5.74) is 7.98. The van der Waals surface area contributed by atoms with Crippen molar-refractivity contribution in [1.29, 1.82) is 0 Å². The average Bonchev–Trinajstić information content (AvgIpc) is 3.55. The number of anilines is 1. The summed E-state index contributed by atoms with van der Waals surface area (Å²) in [7, 11) is -3.27. The molecule has 11 nitrogen and oxygen atoms in total. The second-order valence-corrected chi connectivity index (χ2v) is 10.9. The van der Waals surface area contributed by atoms with Gasteiger partial charge >= 0.3 is 0 Å². The maximum Gasteiger partial charge on any atom is 0.231 e. The Morgan fingerprint density at radius 1 is 1.20 bits per heavy atom. The van der Waals surface area contributed by atoms with E-state index < -0.39 is 10.0 Å². The van der Waals surface area contributed by atoms with Gasteiger partial charge in [-0.2, -0.15) is 0 Å². The number of nitrogen functional groups attached to an aromatic ring is 1. The highest BCUT2D eigenvalue weighted by molar-refractivity contribution is 7.99. The Kier molecular flexibility index (Phi) is 6.30. The van der Waals surface area contributed by atoms with Crippen molar-refractivity contribution in [2.75, 3.05) is 24.8 Å². The molecule has 0 saturated carbocycles. The van der Waals surface area contributed by atoms with E-state index >= 15 is 0 Å². The van der Waals surface area contributed by atoms with Crippen LogP contribution in [0.1, 0.15) is 19.1 Å². The van der Waals surface area contributed by atoms with Gasteiger partial charge in [0.1, 0.15) is 17.8 Å². The Balaban J connectivity index is 1.52. The summed E-state index contributed by atoms with van der Waals surface area (Å²) in [4.78, 5) is 14.0. The molecule has 0 amide bonds. The summed E-state index contributed by atoms with van der Waals surface area (Å²) in [6, 6.07) is 7.60. The highest BCUT2D eigenvalue weighted by Gasteiger charge is 2.23. The number of benzene rings is 1. The SMILES string of the molecule is CCS(=O)(=O)NCCCn1c(Sc2cc3c(cc2-c2ccc(C)o2)OCO3)nc2c(N)ncnc21. The number of rotatable bonds is 9. The van der Waals surface area contributed by atoms with E-state index in [0.717, 1.165) is 16.2 Å². The van der Waals surface area contributed by atoms with Crippen LogP contribution in [0.3, 0.4) is 0 Å². The van der Waals surface area contributed by atoms with Gasteiger partial charge in [-0.25, -0.2) is 28.1 Å². The van der Waals surface area contributed by atoms with Crippen molar-refractivity contribution in [3.05, 3.63) is 36.4 Å². The van der Waals surface area contributed by atoms with E-state index in [9.17, 15) is 8.42 Å². The van der Waals surface area contributed by atoms with Crippen molar-refractivity contribution in [3.8, 4) is 22.8 Å². The molecule has 4 heterocycles. The van der Waals surface area contributed by atoms with E-state index in [-0.39, 0.29) is 18.4 Å². The maximum absolute atomic E-state index is 11.8. The fourth-order valence-electron chi connectivity index (χ4n) is 3.66. The van der Waals surface area contributed by atoms with Crippen molar-refractivity contribution >= 4 is 38.8 Å². The topological polar surface area (TPSA) is 147 Å². The molecule has 35 heavy (non-hydrogen) atoms. The average molecular weight is 517 g/mol. The second-order valence-electron chi connectivity index (χ2n) is 7.84. The second kappa shape index (κ2) is 9.40. The first-order valence-corrected chi connectivity index (χ1v) is 13.4. The minimum atomic E-state index is -3.27. The van der Waals surface area contributed by atoms with E-state index in [0.29, 0.717) is 53.1 Å². The van der Waals surface area contributed by atoms with Crippen LogP contribution < -0.4 is 19.9 Å². The smallest absolute Gasteiger partial charge is 0.231 e. The van der Waals surface area contributed by atoms with Gasteiger partial charge in [0, 0.05) is 23.5 Å². The van der Waals surface area contributed by atoms with Gasteiger partial charge in [-0.1, -0.05) is 11.8 Å². The minimum Gasteiger partial charge on any atom is -0.461 e. The highest BCUT2D eigenvalue weighted by Crippen LogP contribution is 2.45. The number of sulfonamides is 1. The van der Waals surface area contributed by atoms with Gasteiger partial charge in [0.05, 0.1) is 5.75 Å². The normalized spacial score (nSPS) is 13.1. The molecule has 0 bridgehead atoms. The quantitative estimate of drug-likeness (QED) is 0.318. The van der Waals surface area contributed by atoms with E-state index in [1.807, 2.05) is 35.8 Å². The summed E-state index contributed by atoms with van der Waals surface area (Å²) in [6.45, 7) is 4.40. The van der Waals surface area contributed by atoms with E-state index in [4.69, 9.17) is 24.6 Å². The van der Waals surface area contributed by atoms with Gasteiger partial charge in [0.25, 0.3) is 0 Å². The lowest BCUT2D eigenvalue weighted by atomic mass is 10.1. The van der Waals surface area contributed by atoms with Crippen molar-refractivity contribution < 1.29 is 22.3 Å². The van der Waals surface area contributed by atoms with Gasteiger partial charge in [0.15, 0.2) is 33.6 Å². The van der Waals surface area contributed by atoms with Crippen molar-refractivity contribution in [2.24, 2.45) is 0 Å². The number of hydrogen-bond donors (Lipinski definition) is 2. The minimum absolute atomic E-state index is 0.0327. The molecule has 13 heteroatoms. The number of aryl methyl sites for hydroxylation is 2. The van der Waals surface area contributed by atoms with Crippen molar-refractivity contribution in [3.63, 3.8) is 0 Å². The molecule has 0 aliphatic carbocycles. The Bertz CT molecular complexity index is 1500. The molecule has 3 N–H and O–H groups in total. The van der Waals surface area contributed by atoms with Crippen LogP contribution in [-0.4, -0.2) is 47.0 Å². The molecule has 3 aromatic heterocycles. The van der Waals surface area contributed by atoms with Crippen LogP contribution in [0.15, 0.2) is 45.1 Å². The zero-order valence-electron chi connectivity index (χ0n) is 19.1. The molecule has 1 aliphatic rings. The fourth-order valence-corrected chi connectivity index (χ4v) is 5.37. The zero-order chi connectivity index (χ0) is 24.6. The molecule has 184 valence electrons. The third kappa shape index (κ3) is 4.79. The number of nitrogens with zero attached hydrogens (tertiary/aromatic N) is 4. The Morgan fingerprint density at radius 2 is 2.00 bits per heavy atom. The molecular formula is C22H24N6O5S2. The Morgan fingerprint density at radius 3 is 2.74 bits per heavy atom. The van der Waals surface area contributed by atoms with Gasteiger partial charge in [0.2, 0.25) is 16.8 Å². The standard InChI is InChI=1S/C22H24N6O5S2/c1-3-35(29,30)26-7-4-8-28-21-19(20(23)24-11-25-21)27-22(28)34-18-10-17-16(31-12-32-17)9-14(18)15-6-5-13(2)33-15/h5-6,9-11,26H,3-4,7-8,12H2,1-2H3,(H2,23,24,25). The largest absolute Gasteiger partial charge is 0.461 e. The van der Waals surface area contributed by atoms with E-state index in [1.165, 1.54) is 18.1 Å². The molecule has 1 aliphatic heterocycles. The van der Waals surface area contributed by atoms with Crippen LogP contribution >= 0.6 is 11.8 Å². The Labute approximate surface area is 206 Å². The van der Waals surface area contributed by atoms with Gasteiger partial charge in [-0.05, 0) is 44.5 Å². The van der Waals surface area contributed by atoms with E-state index in [2.05, 4.69) is 14.7 Å². The van der Waals surface area contributed by atoms with Crippen LogP contribution in [0.25, 0.3) is 22.5 Å². The third-order valence-electron chi connectivity index (χ3n) is 5.47. The van der Waals surface area contributed by atoms with Crippen LogP contribution in [0.5, 0.6) is 11.5 Å². The first-order chi connectivity index (χ1) is 16.8. The van der Waals surface area contributed by atoms with Gasteiger partial charge < -0.3 is 24.2 Å². The molecule has 0 unspecified atom stereocenters. The molecule has 4 aromatic rings. The monoisotopic (exact) mass is 516 g/mol. The lowest BCUT2D eigenvalue weighted by Gasteiger charge is -2.11. The number of nitrogens with two attached hydrogens (primary N) is 1. The first-order valence-electron chi connectivity index (χ1n) is 11.0. The number of fused-ring (bicyclic) bond motifs is 2. The summed E-state index contributed by atoms with van der Waals surface area (Å²) >= 11 is 1.41. The Hall–Kier alpha value is -3.29. The molecule has 1 aromatic carbocycles. The number of imidazole rings is 1. The van der Waals surface area contributed by atoms with E-state index in [1.54, 1.807) is 6.92 Å². The summed E-state index contributed by atoms with van der Waals surface area (Å²) < 4.78 is 45.2. The predicted octanol–water partition coefficient (Wildman–Crippen LogP) is 3.19. The van der Waals surface area contributed by atoms with Crippen LogP contribution in [0, 0.1) is 6.92 Å². The number of nitrogens with one attached hydrogen (secondary N) is 1. The lowest BCUT2D eigenvalue weighted by Crippen LogP contribution is -2.27. The van der Waals surface area contributed by atoms with Crippen LogP contribution in [0.2, 0.25) is 0 Å². The number of aromatic nitrogens is 4. The summed E-state index contributed by atoms with van der Waals surface area (Å²) in [6.07, 6.45) is 1.93. The van der Waals surface area contributed by atoms with Crippen molar-refractivity contribution in [1.82, 2.24) is 24.2 Å². The summed E-state index contributed by atoms with van der Waals surface area (Å²) in [5.74, 6) is 3.07. The van der Waals surface area contributed by atoms with Gasteiger partial charge in [-0.15, -0.1) is 0 Å². The van der Waals surface area contributed by atoms with Crippen LogP contribution in [0.4, 0.5) is 5.82 Å². The molecule has 0 atom stereocenters.